The van der Waals surface area contributed by atoms with Gasteiger partial charge in [0.2, 0.25) is 5.91 Å². The van der Waals surface area contributed by atoms with Crippen molar-refractivity contribution in [2.75, 3.05) is 23.8 Å². The van der Waals surface area contributed by atoms with Crippen LogP contribution in [0.5, 0.6) is 5.75 Å². The van der Waals surface area contributed by atoms with Crippen molar-refractivity contribution in [3.63, 3.8) is 0 Å². The van der Waals surface area contributed by atoms with Crippen molar-refractivity contribution in [2.24, 2.45) is 0 Å². The number of urea groups is 1. The summed E-state index contributed by atoms with van der Waals surface area (Å²) in [5, 5.41) is 5.92. The van der Waals surface area contributed by atoms with Crippen LogP contribution in [-0.4, -0.2) is 30.0 Å². The van der Waals surface area contributed by atoms with Crippen molar-refractivity contribution in [1.82, 2.24) is 4.90 Å². The van der Waals surface area contributed by atoms with Gasteiger partial charge in [0.25, 0.3) is 0 Å². The van der Waals surface area contributed by atoms with Crippen molar-refractivity contribution in [3.05, 3.63) is 53.1 Å². The quantitative estimate of drug-likeness (QED) is 0.743. The van der Waals surface area contributed by atoms with Gasteiger partial charge >= 0.3 is 6.03 Å². The van der Waals surface area contributed by atoms with Gasteiger partial charge in [0, 0.05) is 30.9 Å². The Hall–Kier alpha value is -3.02. The lowest BCUT2D eigenvalue weighted by atomic mass is 10.00. The highest BCUT2D eigenvalue weighted by Crippen LogP contribution is 2.27. The van der Waals surface area contributed by atoms with E-state index >= 15 is 0 Å². The molecular formula is C23H29N3O3. The molecule has 3 amide bonds. The Morgan fingerprint density at radius 2 is 1.83 bits per heavy atom. The van der Waals surface area contributed by atoms with Gasteiger partial charge < -0.3 is 20.3 Å². The normalized spacial score (nSPS) is 12.9. The Labute approximate surface area is 172 Å². The molecule has 1 heterocycles. The molecule has 0 aliphatic carbocycles. The van der Waals surface area contributed by atoms with E-state index in [1.807, 2.05) is 51.1 Å². The summed E-state index contributed by atoms with van der Waals surface area (Å²) >= 11 is 0. The molecule has 0 atom stereocenters. The average molecular weight is 396 g/mol. The molecule has 0 aromatic heterocycles. The molecule has 0 bridgehead atoms. The lowest BCUT2D eigenvalue weighted by molar-refractivity contribution is -0.116. The van der Waals surface area contributed by atoms with Crippen molar-refractivity contribution < 1.29 is 14.3 Å². The first-order valence-electron chi connectivity index (χ1n) is 10.2. The summed E-state index contributed by atoms with van der Waals surface area (Å²) in [6.45, 7) is 7.66. The predicted octanol–water partition coefficient (Wildman–Crippen LogP) is 4.72. The minimum atomic E-state index is -0.141. The van der Waals surface area contributed by atoms with Crippen molar-refractivity contribution >= 4 is 23.3 Å². The first-order chi connectivity index (χ1) is 14.0. The molecule has 6 nitrogen and oxygen atoms in total. The number of ether oxygens (including phenoxy) is 1. The molecule has 2 aromatic carbocycles. The minimum Gasteiger partial charge on any atom is -0.494 e. The van der Waals surface area contributed by atoms with E-state index in [1.165, 1.54) is 5.56 Å². The molecule has 0 spiro atoms. The molecule has 0 saturated heterocycles. The summed E-state index contributed by atoms with van der Waals surface area (Å²) in [5.41, 5.74) is 4.66. The Morgan fingerprint density at radius 3 is 2.55 bits per heavy atom. The highest BCUT2D eigenvalue weighted by atomic mass is 16.5. The number of carbonyl (C=O) groups is 2. The zero-order valence-corrected chi connectivity index (χ0v) is 17.4. The van der Waals surface area contributed by atoms with Crippen LogP contribution >= 0.6 is 0 Å². The fourth-order valence-electron chi connectivity index (χ4n) is 3.50. The molecule has 0 saturated carbocycles. The second-order valence-corrected chi connectivity index (χ2v) is 7.24. The molecule has 0 radical (unpaired) electrons. The van der Waals surface area contributed by atoms with Gasteiger partial charge in [-0.05, 0) is 67.6 Å². The van der Waals surface area contributed by atoms with Gasteiger partial charge in [0.05, 0.1) is 6.61 Å². The predicted molar refractivity (Wildman–Crippen MR) is 115 cm³/mol. The van der Waals surface area contributed by atoms with Crippen molar-refractivity contribution in [1.29, 1.82) is 0 Å². The summed E-state index contributed by atoms with van der Waals surface area (Å²) in [5.74, 6) is 0.816. The van der Waals surface area contributed by atoms with Crippen LogP contribution in [0, 0.1) is 6.92 Å². The number of rotatable bonds is 6. The number of fused-ring (bicyclic) bond motifs is 1. The lowest BCUT2D eigenvalue weighted by Crippen LogP contribution is -2.39. The van der Waals surface area contributed by atoms with Crippen LogP contribution in [0.2, 0.25) is 0 Å². The third-order valence-electron chi connectivity index (χ3n) is 5.11. The molecule has 2 aromatic rings. The first kappa shape index (κ1) is 20.7. The maximum atomic E-state index is 12.9. The SMILES string of the molecule is CCCC(=O)Nc1cccc(NC(=O)N2CCc3ccc(OCC)cc3C2)c1C. The van der Waals surface area contributed by atoms with Gasteiger partial charge in [0.1, 0.15) is 5.75 Å². The first-order valence-corrected chi connectivity index (χ1v) is 10.2. The molecule has 3 rings (SSSR count). The van der Waals surface area contributed by atoms with Crippen LogP contribution in [0.1, 0.15) is 43.4 Å². The van der Waals surface area contributed by atoms with E-state index in [0.717, 1.165) is 35.4 Å². The van der Waals surface area contributed by atoms with E-state index in [0.29, 0.717) is 31.8 Å². The highest BCUT2D eigenvalue weighted by molar-refractivity contribution is 5.95. The Bertz CT molecular complexity index is 895. The van der Waals surface area contributed by atoms with Gasteiger partial charge in [-0.3, -0.25) is 4.79 Å². The monoisotopic (exact) mass is 395 g/mol. The highest BCUT2D eigenvalue weighted by Gasteiger charge is 2.22. The van der Waals surface area contributed by atoms with Gasteiger partial charge in [-0.15, -0.1) is 0 Å². The number of anilines is 2. The molecular weight excluding hydrogens is 366 g/mol. The summed E-state index contributed by atoms with van der Waals surface area (Å²) < 4.78 is 5.59. The van der Waals surface area contributed by atoms with Crippen LogP contribution < -0.4 is 15.4 Å². The second-order valence-electron chi connectivity index (χ2n) is 7.24. The summed E-state index contributed by atoms with van der Waals surface area (Å²) in [6, 6.07) is 11.5. The smallest absolute Gasteiger partial charge is 0.322 e. The average Bonchev–Trinajstić information content (AvgIpc) is 2.71. The minimum absolute atomic E-state index is 0.0168. The maximum absolute atomic E-state index is 12.9. The maximum Gasteiger partial charge on any atom is 0.322 e. The largest absolute Gasteiger partial charge is 0.494 e. The topological polar surface area (TPSA) is 70.7 Å². The zero-order chi connectivity index (χ0) is 20.8. The fraction of sp³-hybridized carbons (Fsp3) is 0.391. The van der Waals surface area contributed by atoms with E-state index in [4.69, 9.17) is 4.74 Å². The Balaban J connectivity index is 1.69. The van der Waals surface area contributed by atoms with Crippen LogP contribution in [0.25, 0.3) is 0 Å². The standard InChI is InChI=1S/C23H29N3O3/c1-4-7-22(27)24-20-8-6-9-21(16(20)3)25-23(28)26-13-12-17-10-11-19(29-5-2)14-18(17)15-26/h6,8-11,14H,4-5,7,12-13,15H2,1-3H3,(H,24,27)(H,25,28). The third-order valence-corrected chi connectivity index (χ3v) is 5.11. The number of benzene rings is 2. The van der Waals surface area contributed by atoms with E-state index < -0.39 is 0 Å². The van der Waals surface area contributed by atoms with Crippen LogP contribution in [0.3, 0.4) is 0 Å². The third kappa shape index (κ3) is 5.08. The number of carbonyl (C=O) groups excluding carboxylic acids is 2. The van der Waals surface area contributed by atoms with Crippen LogP contribution in [0.15, 0.2) is 36.4 Å². The van der Waals surface area contributed by atoms with Crippen molar-refractivity contribution in [2.45, 2.75) is 46.6 Å². The van der Waals surface area contributed by atoms with E-state index in [-0.39, 0.29) is 11.9 Å². The van der Waals surface area contributed by atoms with Crippen molar-refractivity contribution in [3.8, 4) is 5.75 Å². The van der Waals surface area contributed by atoms with Gasteiger partial charge in [0.15, 0.2) is 0 Å². The van der Waals surface area contributed by atoms with Gasteiger partial charge in [-0.25, -0.2) is 4.79 Å². The summed E-state index contributed by atoms with van der Waals surface area (Å²) in [4.78, 5) is 26.6. The molecule has 154 valence electrons. The second kappa shape index (κ2) is 9.45. The van der Waals surface area contributed by atoms with Gasteiger partial charge in [-0.2, -0.15) is 0 Å². The molecule has 1 aliphatic rings. The molecule has 29 heavy (non-hydrogen) atoms. The summed E-state index contributed by atoms with van der Waals surface area (Å²) in [7, 11) is 0. The van der Waals surface area contributed by atoms with E-state index in [2.05, 4.69) is 16.7 Å². The molecule has 2 N–H and O–H groups in total. The van der Waals surface area contributed by atoms with E-state index in [1.54, 1.807) is 4.90 Å². The van der Waals surface area contributed by atoms with E-state index in [9.17, 15) is 9.59 Å². The Morgan fingerprint density at radius 1 is 1.07 bits per heavy atom. The lowest BCUT2D eigenvalue weighted by Gasteiger charge is -2.29. The molecule has 0 unspecified atom stereocenters. The number of hydrogen-bond acceptors (Lipinski definition) is 3. The number of hydrogen-bond donors (Lipinski definition) is 2. The Kier molecular flexibility index (Phi) is 6.75. The number of nitrogens with zero attached hydrogens (tertiary/aromatic N) is 1. The molecule has 6 heteroatoms. The van der Waals surface area contributed by atoms with Gasteiger partial charge in [-0.1, -0.05) is 19.1 Å². The fourth-order valence-corrected chi connectivity index (χ4v) is 3.50. The molecule has 1 aliphatic heterocycles. The zero-order valence-electron chi connectivity index (χ0n) is 17.4. The molecule has 0 fully saturated rings. The number of amides is 3. The van der Waals surface area contributed by atoms with Crippen LogP contribution in [0.4, 0.5) is 16.2 Å². The van der Waals surface area contributed by atoms with Crippen LogP contribution in [-0.2, 0) is 17.8 Å². The number of nitrogens with one attached hydrogen (secondary N) is 2. The summed E-state index contributed by atoms with van der Waals surface area (Å²) in [6.07, 6.45) is 2.09.